The van der Waals surface area contributed by atoms with Gasteiger partial charge in [0.25, 0.3) is 0 Å². The minimum atomic E-state index is -1.18. The quantitative estimate of drug-likeness (QED) is 0.0747. The number of amides is 2. The molecule has 1 aromatic heterocycles. The highest BCUT2D eigenvalue weighted by Crippen LogP contribution is 2.40. The fourth-order valence-corrected chi connectivity index (χ4v) is 8.39. The first kappa shape index (κ1) is 36.9. The number of urea groups is 1. The molecule has 2 fully saturated rings. The number of hydrogen-bond donors (Lipinski definition) is 1. The number of hydrogen-bond acceptors (Lipinski definition) is 6. The van der Waals surface area contributed by atoms with E-state index in [-0.39, 0.29) is 30.3 Å². The minimum Gasteiger partial charge on any atom is -0.399 e. The fraction of sp³-hybridized carbons (Fsp3) is 0.395. The topological polar surface area (TPSA) is 95.1 Å². The number of rotatable bonds is 13. The first-order valence-corrected chi connectivity index (χ1v) is 22.5. The molecule has 2 amide bonds. The highest BCUT2D eigenvalue weighted by atomic mass is 28.3. The second-order valence-corrected chi connectivity index (χ2v) is 21.9. The summed E-state index contributed by atoms with van der Waals surface area (Å²) in [4.78, 5) is 19.4. The van der Waals surface area contributed by atoms with Crippen molar-refractivity contribution in [1.29, 1.82) is 0 Å². The Balaban J connectivity index is 1.27. The molecule has 0 saturated carbocycles. The number of fused-ring (bicyclic) bond motifs is 2. The smallest absolute Gasteiger partial charge is 0.321 e. The number of nitrogens with zero attached hydrogens (tertiary/aromatic N) is 4. The Kier molecular flexibility index (Phi) is 10.8. The van der Waals surface area contributed by atoms with Crippen LogP contribution in [0.25, 0.3) is 10.9 Å². The predicted molar refractivity (Wildman–Crippen MR) is 213 cm³/mol. The summed E-state index contributed by atoms with van der Waals surface area (Å²) in [6.07, 6.45) is 2.39. The van der Waals surface area contributed by atoms with Crippen LogP contribution in [0.4, 0.5) is 10.5 Å². The lowest BCUT2D eigenvalue weighted by Gasteiger charge is -2.37. The molecule has 2 saturated heterocycles. The molecule has 0 bridgehead atoms. The van der Waals surface area contributed by atoms with E-state index in [2.05, 4.69) is 79.3 Å². The molecule has 0 spiro atoms. The lowest BCUT2D eigenvalue weighted by molar-refractivity contribution is -0.157. The van der Waals surface area contributed by atoms with Crippen LogP contribution in [0.2, 0.25) is 25.7 Å². The molecule has 4 atom stereocenters. The highest BCUT2D eigenvalue weighted by Gasteiger charge is 2.55. The second-order valence-electron chi connectivity index (χ2n) is 16.2. The molecule has 2 aliphatic rings. The third-order valence-corrected chi connectivity index (χ3v) is 12.1. The van der Waals surface area contributed by atoms with Crippen LogP contribution in [0.5, 0.6) is 0 Å². The molecule has 53 heavy (non-hydrogen) atoms. The Morgan fingerprint density at radius 2 is 1.30 bits per heavy atom. The maximum Gasteiger partial charge on any atom is 0.321 e. The van der Waals surface area contributed by atoms with Gasteiger partial charge in [0.05, 0.1) is 23.8 Å². The van der Waals surface area contributed by atoms with Crippen molar-refractivity contribution in [1.82, 2.24) is 19.6 Å². The van der Waals surface area contributed by atoms with Gasteiger partial charge in [-0.1, -0.05) is 98.5 Å². The van der Waals surface area contributed by atoms with Crippen molar-refractivity contribution in [2.24, 2.45) is 0 Å². The van der Waals surface area contributed by atoms with Crippen molar-refractivity contribution in [3.05, 3.63) is 132 Å². The summed E-state index contributed by atoms with van der Waals surface area (Å²) >= 11 is 0. The van der Waals surface area contributed by atoms with Crippen LogP contribution >= 0.6 is 0 Å². The Hall–Kier alpha value is -4.48. The van der Waals surface area contributed by atoms with E-state index in [9.17, 15) is 0 Å². The van der Waals surface area contributed by atoms with Gasteiger partial charge in [-0.3, -0.25) is 0 Å². The van der Waals surface area contributed by atoms with Crippen LogP contribution in [0, 0.1) is 0 Å². The zero-order chi connectivity index (χ0) is 37.2. The Morgan fingerprint density at radius 3 is 1.87 bits per heavy atom. The molecule has 7 rings (SSSR count). The Bertz CT molecular complexity index is 1980. The van der Waals surface area contributed by atoms with Gasteiger partial charge in [0.2, 0.25) is 0 Å². The maximum absolute atomic E-state index is 15.4. The van der Waals surface area contributed by atoms with Gasteiger partial charge in [-0.15, -0.1) is 0 Å². The van der Waals surface area contributed by atoms with Gasteiger partial charge in [-0.2, -0.15) is 5.10 Å². The fourth-order valence-electron chi connectivity index (χ4n) is 7.63. The molecular weight excluding hydrogens is 679 g/mol. The predicted octanol–water partition coefficient (Wildman–Crippen LogP) is 8.11. The summed E-state index contributed by atoms with van der Waals surface area (Å²) in [5.74, 6) is -0.831. The van der Waals surface area contributed by atoms with Crippen LogP contribution in [-0.2, 0) is 46.9 Å². The number of anilines is 1. The molecule has 10 heteroatoms. The molecule has 278 valence electrons. The van der Waals surface area contributed by atoms with Crippen LogP contribution in [0.1, 0.15) is 36.1 Å². The van der Waals surface area contributed by atoms with Gasteiger partial charge < -0.3 is 29.7 Å². The van der Waals surface area contributed by atoms with Crippen molar-refractivity contribution >= 4 is 30.7 Å². The second kappa shape index (κ2) is 15.5. The molecular formula is C43H53N5O4Si. The van der Waals surface area contributed by atoms with E-state index in [1.54, 1.807) is 0 Å². The summed E-state index contributed by atoms with van der Waals surface area (Å²) in [6.45, 7) is 13.0. The molecule has 0 radical (unpaired) electrons. The Labute approximate surface area is 314 Å². The van der Waals surface area contributed by atoms with E-state index in [1.165, 1.54) is 0 Å². The number of nitrogens with two attached hydrogens (primary N) is 1. The van der Waals surface area contributed by atoms with Gasteiger partial charge >= 0.3 is 6.03 Å². The first-order valence-electron chi connectivity index (χ1n) is 18.8. The van der Waals surface area contributed by atoms with Crippen LogP contribution in [0.3, 0.4) is 0 Å². The summed E-state index contributed by atoms with van der Waals surface area (Å²) in [5.41, 5.74) is 12.1. The Morgan fingerprint density at radius 1 is 0.755 bits per heavy atom. The van der Waals surface area contributed by atoms with Crippen molar-refractivity contribution < 1.29 is 19.0 Å². The number of benzene rings is 4. The van der Waals surface area contributed by atoms with E-state index < -0.39 is 13.9 Å². The number of nitrogen functional groups attached to an aromatic ring is 1. The van der Waals surface area contributed by atoms with Gasteiger partial charge in [-0.05, 0) is 79.3 Å². The molecule has 2 N–H and O–H groups in total. The van der Waals surface area contributed by atoms with Gasteiger partial charge in [0.1, 0.15) is 18.9 Å². The lowest BCUT2D eigenvalue weighted by Crippen LogP contribution is -2.51. The number of aromatic nitrogens is 2. The standard InChI is InChI=1S/C43H53N5O4Si/c1-43(2)51-40-38(25-31-12-8-6-9-13-31)46(28-33-16-19-36(44)20-17-33)42(49)47(39(41(40)52-43)26-32-14-10-7-11-15-32)29-34-18-21-37-35(24-34)27-45-48(37)30-50-22-23-53(3,4)5/h6-21,24,27,38-41H,22-23,25-26,28-30,44H2,1-5H3/t38-,39-,40+,41+/m1/s1. The van der Waals surface area contributed by atoms with Crippen LogP contribution in [0.15, 0.2) is 109 Å². The molecule has 3 heterocycles. The van der Waals surface area contributed by atoms with Crippen molar-refractivity contribution in [2.75, 3.05) is 12.3 Å². The van der Waals surface area contributed by atoms with E-state index in [4.69, 9.17) is 19.9 Å². The monoisotopic (exact) mass is 731 g/mol. The number of carbonyl (C=O) groups is 1. The van der Waals surface area contributed by atoms with Crippen molar-refractivity contribution in [3.8, 4) is 0 Å². The largest absolute Gasteiger partial charge is 0.399 e. The molecule has 0 aliphatic carbocycles. The van der Waals surface area contributed by atoms with E-state index in [1.807, 2.05) is 83.1 Å². The van der Waals surface area contributed by atoms with E-state index in [0.717, 1.165) is 45.8 Å². The molecule has 2 aliphatic heterocycles. The molecule has 0 unspecified atom stereocenters. The van der Waals surface area contributed by atoms with E-state index >= 15 is 4.79 Å². The molecule has 4 aromatic carbocycles. The summed E-state index contributed by atoms with van der Waals surface area (Å²) in [6, 6.07) is 35.4. The van der Waals surface area contributed by atoms with E-state index in [0.29, 0.717) is 38.3 Å². The SMILES string of the molecule is CC1(C)O[C@@H]2[C@@H](O1)[C@@H](Cc1ccccc1)N(Cc1ccc3c(cnn3COCC[Si](C)(C)C)c1)C(=O)N(Cc1ccc(N)cc1)[C@@H]2Cc1ccccc1. The van der Waals surface area contributed by atoms with Crippen molar-refractivity contribution in [3.63, 3.8) is 0 Å². The summed E-state index contributed by atoms with van der Waals surface area (Å²) in [5, 5.41) is 5.67. The molecule has 5 aromatic rings. The average Bonchev–Trinajstić information content (AvgIpc) is 3.67. The van der Waals surface area contributed by atoms with Gasteiger partial charge in [-0.25, -0.2) is 9.48 Å². The maximum atomic E-state index is 15.4. The number of ether oxygens (including phenoxy) is 3. The third kappa shape index (κ3) is 8.84. The average molecular weight is 732 g/mol. The first-order chi connectivity index (χ1) is 25.4. The lowest BCUT2D eigenvalue weighted by atomic mass is 9.91. The number of carbonyl (C=O) groups excluding carboxylic acids is 1. The van der Waals surface area contributed by atoms with Crippen molar-refractivity contribution in [2.45, 2.75) is 102 Å². The third-order valence-electron chi connectivity index (χ3n) is 10.4. The van der Waals surface area contributed by atoms with Crippen LogP contribution in [-0.4, -0.2) is 70.4 Å². The normalized spacial score (nSPS) is 21.6. The minimum absolute atomic E-state index is 0.0466. The summed E-state index contributed by atoms with van der Waals surface area (Å²) in [7, 11) is -1.18. The highest BCUT2D eigenvalue weighted by molar-refractivity contribution is 6.76. The van der Waals surface area contributed by atoms with Crippen LogP contribution < -0.4 is 5.73 Å². The zero-order valence-corrected chi connectivity index (χ0v) is 32.7. The van der Waals surface area contributed by atoms with Gasteiger partial charge in [0.15, 0.2) is 5.79 Å². The van der Waals surface area contributed by atoms with Gasteiger partial charge in [0, 0.05) is 38.8 Å². The molecule has 9 nitrogen and oxygen atoms in total. The zero-order valence-electron chi connectivity index (χ0n) is 31.7. The summed E-state index contributed by atoms with van der Waals surface area (Å²) < 4.78 is 21.7.